The Balaban J connectivity index is 3.06. The Bertz CT molecular complexity index is 118. The Morgan fingerprint density at radius 1 is 1.40 bits per heavy atom. The molecule has 10 heavy (non-hydrogen) atoms. The number of hydrogen-bond donors (Lipinski definition) is 1. The minimum absolute atomic E-state index is 0.209. The number of allylic oxidation sites excluding steroid dienone is 1. The van der Waals surface area contributed by atoms with Crippen molar-refractivity contribution in [3.8, 4) is 0 Å². The van der Waals surface area contributed by atoms with Crippen LogP contribution in [0.25, 0.3) is 0 Å². The number of rotatable bonds is 5. The van der Waals surface area contributed by atoms with Crippen LogP contribution in [-0.2, 0) is 4.79 Å². The highest BCUT2D eigenvalue weighted by Crippen LogP contribution is 2.12. The van der Waals surface area contributed by atoms with Gasteiger partial charge in [0, 0.05) is 6.42 Å². The Labute approximate surface area is 75.0 Å². The minimum Gasteiger partial charge on any atom is -0.370 e. The van der Waals surface area contributed by atoms with Gasteiger partial charge in [0.2, 0.25) is 5.91 Å². The third-order valence-electron chi connectivity index (χ3n) is 1.12. The lowest BCUT2D eigenvalue weighted by Crippen LogP contribution is -2.09. The molecule has 0 saturated carbocycles. The maximum Gasteiger partial charge on any atom is 0.217 e. The SMILES string of the molecule is C=C(I)CCCCC(N)=O. The quantitative estimate of drug-likeness (QED) is 0.590. The van der Waals surface area contributed by atoms with Crippen LogP contribution < -0.4 is 5.73 Å². The zero-order chi connectivity index (χ0) is 7.98. The van der Waals surface area contributed by atoms with E-state index in [4.69, 9.17) is 5.73 Å². The van der Waals surface area contributed by atoms with Crippen LogP contribution in [0.1, 0.15) is 25.7 Å². The Morgan fingerprint density at radius 3 is 2.30 bits per heavy atom. The zero-order valence-corrected chi connectivity index (χ0v) is 8.06. The van der Waals surface area contributed by atoms with Crippen molar-refractivity contribution in [2.45, 2.75) is 25.7 Å². The van der Waals surface area contributed by atoms with Crippen LogP contribution in [0.2, 0.25) is 0 Å². The van der Waals surface area contributed by atoms with Gasteiger partial charge in [0.25, 0.3) is 0 Å². The van der Waals surface area contributed by atoms with Crippen molar-refractivity contribution >= 4 is 28.5 Å². The first-order chi connectivity index (χ1) is 4.63. The second-order valence-corrected chi connectivity index (χ2v) is 3.72. The van der Waals surface area contributed by atoms with E-state index in [0.29, 0.717) is 6.42 Å². The van der Waals surface area contributed by atoms with Crippen molar-refractivity contribution in [2.75, 3.05) is 0 Å². The second kappa shape index (κ2) is 5.70. The van der Waals surface area contributed by atoms with Crippen molar-refractivity contribution in [2.24, 2.45) is 5.73 Å². The molecule has 0 rings (SSSR count). The lowest BCUT2D eigenvalue weighted by Gasteiger charge is -1.95. The number of carbonyl (C=O) groups excluding carboxylic acids is 1. The normalized spacial score (nSPS) is 9.30. The molecule has 0 aliphatic rings. The average molecular weight is 253 g/mol. The van der Waals surface area contributed by atoms with E-state index in [1.807, 2.05) is 0 Å². The molecule has 0 atom stereocenters. The molecule has 0 unspecified atom stereocenters. The molecule has 0 radical (unpaired) electrons. The number of primary amides is 1. The molecule has 0 saturated heterocycles. The number of unbranched alkanes of at least 4 members (excludes halogenated alkanes) is 1. The van der Waals surface area contributed by atoms with E-state index < -0.39 is 0 Å². The summed E-state index contributed by atoms with van der Waals surface area (Å²) in [6.45, 7) is 3.74. The smallest absolute Gasteiger partial charge is 0.217 e. The van der Waals surface area contributed by atoms with Gasteiger partial charge in [-0.3, -0.25) is 4.79 Å². The van der Waals surface area contributed by atoms with Crippen LogP contribution in [0.15, 0.2) is 10.2 Å². The molecule has 1 amide bonds. The predicted octanol–water partition coefficient (Wildman–Crippen LogP) is 1.98. The van der Waals surface area contributed by atoms with Gasteiger partial charge in [0.1, 0.15) is 0 Å². The summed E-state index contributed by atoms with van der Waals surface area (Å²) in [5, 5.41) is 0. The van der Waals surface area contributed by atoms with E-state index in [1.54, 1.807) is 0 Å². The molecule has 0 fully saturated rings. The van der Waals surface area contributed by atoms with Gasteiger partial charge in [-0.1, -0.05) is 6.58 Å². The van der Waals surface area contributed by atoms with E-state index >= 15 is 0 Å². The molecule has 0 aromatic carbocycles. The summed E-state index contributed by atoms with van der Waals surface area (Å²) < 4.78 is 1.14. The monoisotopic (exact) mass is 253 g/mol. The van der Waals surface area contributed by atoms with E-state index in [-0.39, 0.29) is 5.91 Å². The first kappa shape index (κ1) is 9.94. The molecule has 58 valence electrons. The minimum atomic E-state index is -0.209. The first-order valence-electron chi connectivity index (χ1n) is 3.24. The highest BCUT2D eigenvalue weighted by atomic mass is 127. The van der Waals surface area contributed by atoms with Crippen LogP contribution in [0, 0.1) is 0 Å². The third kappa shape index (κ3) is 7.94. The van der Waals surface area contributed by atoms with E-state index in [9.17, 15) is 4.79 Å². The summed E-state index contributed by atoms with van der Waals surface area (Å²) >= 11 is 2.19. The molecule has 0 aromatic heterocycles. The Hall–Kier alpha value is -0.0600. The van der Waals surface area contributed by atoms with Gasteiger partial charge < -0.3 is 5.73 Å². The summed E-state index contributed by atoms with van der Waals surface area (Å²) in [6, 6.07) is 0. The van der Waals surface area contributed by atoms with Crippen LogP contribution in [0.4, 0.5) is 0 Å². The van der Waals surface area contributed by atoms with Crippen molar-refractivity contribution in [3.05, 3.63) is 10.2 Å². The summed E-state index contributed by atoms with van der Waals surface area (Å²) in [4.78, 5) is 10.2. The molecule has 0 heterocycles. The van der Waals surface area contributed by atoms with Crippen LogP contribution in [-0.4, -0.2) is 5.91 Å². The zero-order valence-electron chi connectivity index (χ0n) is 5.90. The Kier molecular flexibility index (Phi) is 5.67. The van der Waals surface area contributed by atoms with Gasteiger partial charge in [0.05, 0.1) is 0 Å². The number of hydrogen-bond acceptors (Lipinski definition) is 1. The van der Waals surface area contributed by atoms with Crippen molar-refractivity contribution in [3.63, 3.8) is 0 Å². The Morgan fingerprint density at radius 2 is 1.90 bits per heavy atom. The topological polar surface area (TPSA) is 43.1 Å². The molecule has 2 nitrogen and oxygen atoms in total. The fraction of sp³-hybridized carbons (Fsp3) is 0.571. The van der Waals surface area contributed by atoms with Gasteiger partial charge in [-0.2, -0.15) is 0 Å². The fourth-order valence-electron chi connectivity index (χ4n) is 0.616. The lowest BCUT2D eigenvalue weighted by molar-refractivity contribution is -0.118. The standard InChI is InChI=1S/C7H12INO/c1-6(8)4-2-3-5-7(9)10/h1-5H2,(H2,9,10). The number of carbonyl (C=O) groups is 1. The molecule has 0 bridgehead atoms. The average Bonchev–Trinajstić information content (AvgIpc) is 1.79. The molecule has 3 heteroatoms. The highest BCUT2D eigenvalue weighted by Gasteiger charge is 1.94. The summed E-state index contributed by atoms with van der Waals surface area (Å²) in [5.41, 5.74) is 4.95. The van der Waals surface area contributed by atoms with Crippen LogP contribution in [0.3, 0.4) is 0 Å². The van der Waals surface area contributed by atoms with Crippen molar-refractivity contribution < 1.29 is 4.79 Å². The highest BCUT2D eigenvalue weighted by molar-refractivity contribution is 14.1. The maximum atomic E-state index is 10.2. The van der Waals surface area contributed by atoms with Gasteiger partial charge >= 0.3 is 0 Å². The largest absolute Gasteiger partial charge is 0.370 e. The molecule has 0 aromatic rings. The van der Waals surface area contributed by atoms with Crippen molar-refractivity contribution in [1.29, 1.82) is 0 Å². The molecule has 0 aliphatic carbocycles. The molecule has 0 spiro atoms. The van der Waals surface area contributed by atoms with E-state index in [2.05, 4.69) is 29.2 Å². The molecule has 0 aliphatic heterocycles. The lowest BCUT2D eigenvalue weighted by atomic mass is 10.2. The van der Waals surface area contributed by atoms with Gasteiger partial charge in [0.15, 0.2) is 0 Å². The van der Waals surface area contributed by atoms with E-state index in [0.717, 1.165) is 22.8 Å². The third-order valence-corrected chi connectivity index (χ3v) is 1.66. The number of nitrogens with two attached hydrogens (primary N) is 1. The number of amides is 1. The predicted molar refractivity (Wildman–Crippen MR) is 50.8 cm³/mol. The molecule has 2 N–H and O–H groups in total. The molecular formula is C7H12INO. The fourth-order valence-corrected chi connectivity index (χ4v) is 0.997. The van der Waals surface area contributed by atoms with Gasteiger partial charge in [-0.25, -0.2) is 0 Å². The second-order valence-electron chi connectivity index (χ2n) is 2.19. The number of halogens is 1. The maximum absolute atomic E-state index is 10.2. The molecular weight excluding hydrogens is 241 g/mol. The summed E-state index contributed by atoms with van der Waals surface area (Å²) in [5.74, 6) is -0.209. The van der Waals surface area contributed by atoms with Crippen LogP contribution >= 0.6 is 22.6 Å². The first-order valence-corrected chi connectivity index (χ1v) is 4.32. The summed E-state index contributed by atoms with van der Waals surface area (Å²) in [7, 11) is 0. The summed E-state index contributed by atoms with van der Waals surface area (Å²) in [6.07, 6.45) is 3.40. The van der Waals surface area contributed by atoms with Crippen molar-refractivity contribution in [1.82, 2.24) is 0 Å². The van der Waals surface area contributed by atoms with Gasteiger partial charge in [-0.15, -0.1) is 0 Å². The van der Waals surface area contributed by atoms with E-state index in [1.165, 1.54) is 0 Å². The van der Waals surface area contributed by atoms with Gasteiger partial charge in [-0.05, 0) is 45.4 Å². The van der Waals surface area contributed by atoms with Crippen LogP contribution in [0.5, 0.6) is 0 Å².